The highest BCUT2D eigenvalue weighted by molar-refractivity contribution is 6.08. The van der Waals surface area contributed by atoms with Crippen LogP contribution in [0.5, 0.6) is 5.75 Å². The van der Waals surface area contributed by atoms with E-state index in [9.17, 15) is 9.59 Å². The van der Waals surface area contributed by atoms with Crippen molar-refractivity contribution in [3.05, 3.63) is 41.6 Å². The van der Waals surface area contributed by atoms with Crippen molar-refractivity contribution in [1.29, 1.82) is 0 Å². The van der Waals surface area contributed by atoms with Crippen molar-refractivity contribution in [3.63, 3.8) is 0 Å². The largest absolute Gasteiger partial charge is 0.478 e. The van der Waals surface area contributed by atoms with E-state index in [0.717, 1.165) is 0 Å². The molecular weight excluding hydrogens is 198 g/mol. The summed E-state index contributed by atoms with van der Waals surface area (Å²) in [7, 11) is 0. The van der Waals surface area contributed by atoms with Gasteiger partial charge in [-0.05, 0) is 18.2 Å². The molecule has 5 nitrogen and oxygen atoms in total. The number of nitrogens with one attached hydrogen (secondary N) is 1. The molecule has 0 amide bonds. The van der Waals surface area contributed by atoms with Gasteiger partial charge in [0.2, 0.25) is 0 Å². The molecule has 1 aromatic rings. The summed E-state index contributed by atoms with van der Waals surface area (Å²) in [4.78, 5) is 27.2. The molecule has 1 aliphatic rings. The lowest BCUT2D eigenvalue weighted by Crippen LogP contribution is -2.10. The van der Waals surface area contributed by atoms with Gasteiger partial charge in [-0.25, -0.2) is 10.3 Å². The number of ketones is 1. The Labute approximate surface area is 84.9 Å². The topological polar surface area (TPSA) is 75.6 Å². The second kappa shape index (κ2) is 3.45. The average Bonchev–Trinajstić information content (AvgIpc) is 2.40. The van der Waals surface area contributed by atoms with E-state index in [0.29, 0.717) is 5.75 Å². The number of fused-ring (bicyclic) bond motifs is 1. The van der Waals surface area contributed by atoms with Crippen molar-refractivity contribution in [2.45, 2.75) is 0 Å². The fraction of sp³-hybridized carbons (Fsp3) is 0. The first-order valence-corrected chi connectivity index (χ1v) is 4.19. The van der Waals surface area contributed by atoms with Crippen LogP contribution >= 0.6 is 0 Å². The quantitative estimate of drug-likeness (QED) is 0.714. The number of benzene rings is 1. The number of aromatic carboxylic acids is 1. The number of rotatable bonds is 1. The Balaban J connectivity index is 2.53. The van der Waals surface area contributed by atoms with Gasteiger partial charge in [-0.2, -0.15) is 0 Å². The molecule has 15 heavy (non-hydrogen) atoms. The molecule has 0 fully saturated rings. The lowest BCUT2D eigenvalue weighted by Gasteiger charge is -2.05. The molecule has 0 atom stereocenters. The summed E-state index contributed by atoms with van der Waals surface area (Å²) in [5.41, 5.74) is 2.72. The SMILES string of the molecule is O=C(O)c1ccc2c(c1)C(=O)C=CNO2. The van der Waals surface area contributed by atoms with Gasteiger partial charge in [0, 0.05) is 12.3 Å². The number of carbonyl (C=O) groups is 2. The van der Waals surface area contributed by atoms with Gasteiger partial charge in [0.15, 0.2) is 11.5 Å². The highest BCUT2D eigenvalue weighted by Crippen LogP contribution is 2.22. The maximum Gasteiger partial charge on any atom is 0.335 e. The van der Waals surface area contributed by atoms with Crippen molar-refractivity contribution in [2.24, 2.45) is 0 Å². The molecular formula is C10H7NO4. The zero-order valence-electron chi connectivity index (χ0n) is 7.56. The van der Waals surface area contributed by atoms with Gasteiger partial charge >= 0.3 is 5.97 Å². The molecule has 0 saturated heterocycles. The second-order valence-electron chi connectivity index (χ2n) is 2.93. The zero-order chi connectivity index (χ0) is 10.8. The Hall–Kier alpha value is -2.30. The normalized spacial score (nSPS) is 13.5. The van der Waals surface area contributed by atoms with E-state index in [1.807, 2.05) is 0 Å². The van der Waals surface area contributed by atoms with Crippen LogP contribution in [0, 0.1) is 0 Å². The van der Waals surface area contributed by atoms with Gasteiger partial charge < -0.3 is 9.94 Å². The van der Waals surface area contributed by atoms with Crippen molar-refractivity contribution < 1.29 is 19.5 Å². The lowest BCUT2D eigenvalue weighted by atomic mass is 10.1. The minimum Gasteiger partial charge on any atom is -0.478 e. The summed E-state index contributed by atoms with van der Waals surface area (Å²) < 4.78 is 0. The summed E-state index contributed by atoms with van der Waals surface area (Å²) in [6.07, 6.45) is 2.63. The van der Waals surface area contributed by atoms with Gasteiger partial charge in [0.05, 0.1) is 11.1 Å². The van der Waals surface area contributed by atoms with Crippen LogP contribution in [0.25, 0.3) is 0 Å². The molecule has 0 radical (unpaired) electrons. The molecule has 2 rings (SSSR count). The van der Waals surface area contributed by atoms with Crippen LogP contribution in [0.2, 0.25) is 0 Å². The molecule has 0 saturated carbocycles. The summed E-state index contributed by atoms with van der Waals surface area (Å²) >= 11 is 0. The van der Waals surface area contributed by atoms with Crippen LogP contribution < -0.4 is 10.3 Å². The van der Waals surface area contributed by atoms with E-state index in [4.69, 9.17) is 9.94 Å². The number of hydrogen-bond acceptors (Lipinski definition) is 4. The van der Waals surface area contributed by atoms with Gasteiger partial charge in [0.25, 0.3) is 0 Å². The minimum absolute atomic E-state index is 0.0565. The Morgan fingerprint density at radius 3 is 2.93 bits per heavy atom. The maximum atomic E-state index is 11.5. The summed E-state index contributed by atoms with van der Waals surface area (Å²) in [6, 6.07) is 4.11. The van der Waals surface area contributed by atoms with E-state index in [-0.39, 0.29) is 16.9 Å². The Morgan fingerprint density at radius 1 is 1.40 bits per heavy atom. The van der Waals surface area contributed by atoms with Crippen LogP contribution in [-0.2, 0) is 0 Å². The highest BCUT2D eigenvalue weighted by Gasteiger charge is 2.16. The van der Waals surface area contributed by atoms with E-state index < -0.39 is 5.97 Å². The van der Waals surface area contributed by atoms with Crippen LogP contribution in [0.4, 0.5) is 0 Å². The van der Waals surface area contributed by atoms with Gasteiger partial charge in [-0.3, -0.25) is 4.79 Å². The summed E-state index contributed by atoms with van der Waals surface area (Å²) in [5.74, 6) is -1.06. The fourth-order valence-electron chi connectivity index (χ4n) is 1.24. The molecule has 0 unspecified atom stereocenters. The minimum atomic E-state index is -1.08. The molecule has 1 heterocycles. The number of allylic oxidation sites excluding steroid dienone is 1. The lowest BCUT2D eigenvalue weighted by molar-refractivity contribution is 0.0697. The number of carboxylic acid groups (broad SMARTS) is 1. The standard InChI is InChI=1S/C10H7NO4/c12-8-3-4-11-15-9-2-1-6(10(13)14)5-7(8)9/h1-5,11H,(H,13,14). The first-order chi connectivity index (χ1) is 7.18. The number of carbonyl (C=O) groups excluding carboxylic acids is 1. The zero-order valence-corrected chi connectivity index (χ0v) is 7.56. The van der Waals surface area contributed by atoms with Gasteiger partial charge in [0.1, 0.15) is 0 Å². The van der Waals surface area contributed by atoms with Crippen LogP contribution in [0.3, 0.4) is 0 Å². The first kappa shape index (κ1) is 9.26. The third-order valence-electron chi connectivity index (χ3n) is 1.96. The molecule has 1 aliphatic heterocycles. The molecule has 1 aromatic carbocycles. The van der Waals surface area contributed by atoms with Crippen molar-refractivity contribution in [3.8, 4) is 5.75 Å². The fourth-order valence-corrected chi connectivity index (χ4v) is 1.24. The van der Waals surface area contributed by atoms with E-state index >= 15 is 0 Å². The van der Waals surface area contributed by atoms with Gasteiger partial charge in [-0.15, -0.1) is 0 Å². The molecule has 0 aromatic heterocycles. The van der Waals surface area contributed by atoms with Gasteiger partial charge in [-0.1, -0.05) is 0 Å². The smallest absolute Gasteiger partial charge is 0.335 e. The molecule has 2 N–H and O–H groups in total. The number of hydroxylamine groups is 1. The van der Waals surface area contributed by atoms with Crippen LogP contribution in [0.15, 0.2) is 30.5 Å². The number of carboxylic acids is 1. The molecule has 5 heteroatoms. The predicted molar refractivity (Wildman–Crippen MR) is 50.6 cm³/mol. The van der Waals surface area contributed by atoms with E-state index in [1.165, 1.54) is 30.5 Å². The molecule has 76 valence electrons. The van der Waals surface area contributed by atoms with E-state index in [1.54, 1.807) is 0 Å². The number of hydrogen-bond donors (Lipinski definition) is 2. The molecule has 0 spiro atoms. The third-order valence-corrected chi connectivity index (χ3v) is 1.96. The van der Waals surface area contributed by atoms with E-state index in [2.05, 4.69) is 5.48 Å². The van der Waals surface area contributed by atoms with Crippen LogP contribution in [0.1, 0.15) is 20.7 Å². The van der Waals surface area contributed by atoms with Crippen LogP contribution in [-0.4, -0.2) is 16.9 Å². The maximum absolute atomic E-state index is 11.5. The van der Waals surface area contributed by atoms with Crippen molar-refractivity contribution in [1.82, 2.24) is 5.48 Å². The average molecular weight is 205 g/mol. The third kappa shape index (κ3) is 1.67. The Bertz CT molecular complexity index is 464. The predicted octanol–water partition coefficient (Wildman–Crippen LogP) is 0.978. The second-order valence-corrected chi connectivity index (χ2v) is 2.93. The van der Waals surface area contributed by atoms with Crippen molar-refractivity contribution >= 4 is 11.8 Å². The Kier molecular flexibility index (Phi) is 2.13. The summed E-state index contributed by atoms with van der Waals surface area (Å²) in [5, 5.41) is 8.76. The first-order valence-electron chi connectivity index (χ1n) is 4.19. The highest BCUT2D eigenvalue weighted by atomic mass is 16.6. The molecule has 0 bridgehead atoms. The molecule has 0 aliphatic carbocycles. The Morgan fingerprint density at radius 2 is 2.20 bits per heavy atom. The van der Waals surface area contributed by atoms with Crippen molar-refractivity contribution in [2.75, 3.05) is 0 Å². The monoisotopic (exact) mass is 205 g/mol. The summed E-state index contributed by atoms with van der Waals surface area (Å²) in [6.45, 7) is 0.